The van der Waals surface area contributed by atoms with Gasteiger partial charge in [0.1, 0.15) is 21.4 Å². The normalized spacial score (nSPS) is 13.3. The predicted octanol–water partition coefficient (Wildman–Crippen LogP) is 1.69. The van der Waals surface area contributed by atoms with E-state index in [1.54, 1.807) is 0 Å². The number of aliphatic hydroxyl groups is 1. The Kier molecular flexibility index (Phi) is 5.10. The van der Waals surface area contributed by atoms with Gasteiger partial charge in [0.2, 0.25) is 0 Å². The highest BCUT2D eigenvalue weighted by Crippen LogP contribution is 2.26. The molecule has 0 aliphatic rings. The minimum absolute atomic E-state index is 0.0399. The van der Waals surface area contributed by atoms with Crippen LogP contribution in [0.5, 0.6) is 5.75 Å². The number of benzene rings is 1. The van der Waals surface area contributed by atoms with Gasteiger partial charge in [0.25, 0.3) is 0 Å². The fourth-order valence-electron chi connectivity index (χ4n) is 1.48. The van der Waals surface area contributed by atoms with Crippen molar-refractivity contribution >= 4 is 9.84 Å². The maximum Gasteiger partial charge on any atom is 0.147 e. The van der Waals surface area contributed by atoms with E-state index in [9.17, 15) is 17.9 Å². The molecule has 0 aromatic heterocycles. The van der Waals surface area contributed by atoms with Crippen LogP contribution in [0.3, 0.4) is 0 Å². The Morgan fingerprint density at radius 1 is 1.44 bits per heavy atom. The molecule has 0 aliphatic heterocycles. The molecule has 0 aliphatic carbocycles. The molecule has 18 heavy (non-hydrogen) atoms. The molecule has 6 heteroatoms. The third kappa shape index (κ3) is 5.01. The van der Waals surface area contributed by atoms with E-state index < -0.39 is 21.8 Å². The predicted molar refractivity (Wildman–Crippen MR) is 66.9 cm³/mol. The third-order valence-corrected chi connectivity index (χ3v) is 3.37. The second-order valence-electron chi connectivity index (χ2n) is 4.19. The van der Waals surface area contributed by atoms with Crippen LogP contribution in [0.15, 0.2) is 18.2 Å². The highest BCUT2D eigenvalue weighted by molar-refractivity contribution is 7.90. The number of hydrogen-bond donors (Lipinski definition) is 1. The van der Waals surface area contributed by atoms with Gasteiger partial charge in [0.05, 0.1) is 18.5 Å². The van der Waals surface area contributed by atoms with Crippen molar-refractivity contribution < 1.29 is 22.7 Å². The quantitative estimate of drug-likeness (QED) is 0.803. The van der Waals surface area contributed by atoms with E-state index in [0.29, 0.717) is 17.7 Å². The molecule has 1 rings (SSSR count). The van der Waals surface area contributed by atoms with Gasteiger partial charge in [-0.3, -0.25) is 0 Å². The van der Waals surface area contributed by atoms with E-state index in [1.165, 1.54) is 25.1 Å². The molecule has 0 amide bonds. The summed E-state index contributed by atoms with van der Waals surface area (Å²) in [5, 5.41) is 9.47. The van der Waals surface area contributed by atoms with Crippen LogP contribution in [0.4, 0.5) is 4.39 Å². The van der Waals surface area contributed by atoms with Crippen LogP contribution in [0.25, 0.3) is 0 Å². The first-order chi connectivity index (χ1) is 8.29. The van der Waals surface area contributed by atoms with Crippen LogP contribution in [0.1, 0.15) is 25.0 Å². The fourth-order valence-corrected chi connectivity index (χ4v) is 2.12. The Hall–Kier alpha value is -1.14. The fraction of sp³-hybridized carbons (Fsp3) is 0.500. The van der Waals surface area contributed by atoms with Crippen molar-refractivity contribution in [2.24, 2.45) is 0 Å². The summed E-state index contributed by atoms with van der Waals surface area (Å²) in [4.78, 5) is 0. The topological polar surface area (TPSA) is 63.6 Å². The Morgan fingerprint density at radius 2 is 2.11 bits per heavy atom. The number of rotatable bonds is 6. The first-order valence-corrected chi connectivity index (χ1v) is 7.63. The molecule has 0 unspecified atom stereocenters. The lowest BCUT2D eigenvalue weighted by Gasteiger charge is -2.13. The second kappa shape index (κ2) is 6.15. The molecular weight excluding hydrogens is 259 g/mol. The van der Waals surface area contributed by atoms with Crippen molar-refractivity contribution in [2.45, 2.75) is 19.4 Å². The minimum Gasteiger partial charge on any atom is -0.493 e. The van der Waals surface area contributed by atoms with Gasteiger partial charge >= 0.3 is 0 Å². The molecule has 0 fully saturated rings. The number of aliphatic hydroxyl groups excluding tert-OH is 1. The summed E-state index contributed by atoms with van der Waals surface area (Å²) in [5.74, 6) is -0.0348. The maximum absolute atomic E-state index is 13.0. The van der Waals surface area contributed by atoms with E-state index in [1.807, 2.05) is 0 Å². The molecular formula is C12H17FO4S. The highest BCUT2D eigenvalue weighted by atomic mass is 32.2. The van der Waals surface area contributed by atoms with Crippen LogP contribution in [0.2, 0.25) is 0 Å². The average Bonchev–Trinajstić information content (AvgIpc) is 2.24. The van der Waals surface area contributed by atoms with Crippen molar-refractivity contribution in [1.82, 2.24) is 0 Å². The molecule has 102 valence electrons. The van der Waals surface area contributed by atoms with Crippen molar-refractivity contribution in [3.05, 3.63) is 29.6 Å². The summed E-state index contributed by atoms with van der Waals surface area (Å²) in [6, 6.07) is 3.87. The highest BCUT2D eigenvalue weighted by Gasteiger charge is 2.11. The monoisotopic (exact) mass is 276 g/mol. The zero-order valence-corrected chi connectivity index (χ0v) is 11.2. The molecule has 1 N–H and O–H groups in total. The zero-order chi connectivity index (χ0) is 13.8. The molecule has 0 radical (unpaired) electrons. The summed E-state index contributed by atoms with van der Waals surface area (Å²) in [6.45, 7) is 1.72. The molecule has 1 aromatic rings. The standard InChI is InChI=1S/C12H17FO4S/c1-9(14)11-8-10(13)4-5-12(11)17-6-3-7-18(2,15)16/h4-5,8-9,14H,3,6-7H2,1-2H3/t9-/m0/s1. The Labute approximate surface area is 106 Å². The van der Waals surface area contributed by atoms with Gasteiger partial charge in [-0.15, -0.1) is 0 Å². The minimum atomic E-state index is -3.00. The lowest BCUT2D eigenvalue weighted by Crippen LogP contribution is -2.09. The molecule has 0 spiro atoms. The molecule has 0 bridgehead atoms. The van der Waals surface area contributed by atoms with Crippen LogP contribution in [0, 0.1) is 5.82 Å². The van der Waals surface area contributed by atoms with Crippen molar-refractivity contribution in [3.8, 4) is 5.75 Å². The molecule has 0 saturated heterocycles. The molecule has 1 atom stereocenters. The molecule has 0 heterocycles. The Morgan fingerprint density at radius 3 is 2.67 bits per heavy atom. The zero-order valence-electron chi connectivity index (χ0n) is 10.4. The van der Waals surface area contributed by atoms with E-state index in [2.05, 4.69) is 0 Å². The van der Waals surface area contributed by atoms with E-state index >= 15 is 0 Å². The van der Waals surface area contributed by atoms with Gasteiger partial charge in [0, 0.05) is 11.8 Å². The largest absolute Gasteiger partial charge is 0.493 e. The van der Waals surface area contributed by atoms with Gasteiger partial charge in [-0.2, -0.15) is 0 Å². The second-order valence-corrected chi connectivity index (χ2v) is 6.45. The Bertz CT molecular complexity index is 497. The van der Waals surface area contributed by atoms with Crippen LogP contribution in [-0.4, -0.2) is 32.1 Å². The van der Waals surface area contributed by atoms with Crippen LogP contribution >= 0.6 is 0 Å². The first-order valence-electron chi connectivity index (χ1n) is 5.57. The van der Waals surface area contributed by atoms with Gasteiger partial charge < -0.3 is 9.84 Å². The molecule has 1 aromatic carbocycles. The number of sulfone groups is 1. The number of ether oxygens (including phenoxy) is 1. The third-order valence-electron chi connectivity index (χ3n) is 2.34. The smallest absolute Gasteiger partial charge is 0.147 e. The van der Waals surface area contributed by atoms with E-state index in [4.69, 9.17) is 4.74 Å². The van der Waals surface area contributed by atoms with Crippen LogP contribution < -0.4 is 4.74 Å². The average molecular weight is 276 g/mol. The Balaban J connectivity index is 2.62. The summed E-state index contributed by atoms with van der Waals surface area (Å²) in [6.07, 6.45) is 0.673. The van der Waals surface area contributed by atoms with Gasteiger partial charge in [-0.05, 0) is 31.5 Å². The van der Waals surface area contributed by atoms with Crippen molar-refractivity contribution in [3.63, 3.8) is 0 Å². The first kappa shape index (κ1) is 14.9. The van der Waals surface area contributed by atoms with Gasteiger partial charge in [-0.1, -0.05) is 0 Å². The lowest BCUT2D eigenvalue weighted by atomic mass is 10.1. The maximum atomic E-state index is 13.0. The number of halogens is 1. The van der Waals surface area contributed by atoms with E-state index in [0.717, 1.165) is 6.26 Å². The van der Waals surface area contributed by atoms with E-state index in [-0.39, 0.29) is 12.4 Å². The summed E-state index contributed by atoms with van der Waals surface area (Å²) >= 11 is 0. The summed E-state index contributed by atoms with van der Waals surface area (Å²) in [5.41, 5.74) is 0.356. The summed E-state index contributed by atoms with van der Waals surface area (Å²) in [7, 11) is -3.00. The lowest BCUT2D eigenvalue weighted by molar-refractivity contribution is 0.190. The number of hydrogen-bond acceptors (Lipinski definition) is 4. The summed E-state index contributed by atoms with van der Waals surface area (Å²) < 4.78 is 40.2. The van der Waals surface area contributed by atoms with Gasteiger partial charge in [0.15, 0.2) is 0 Å². The van der Waals surface area contributed by atoms with Crippen molar-refractivity contribution in [1.29, 1.82) is 0 Å². The SMILES string of the molecule is C[C@H](O)c1cc(F)ccc1OCCCS(C)(=O)=O. The van der Waals surface area contributed by atoms with Crippen LogP contribution in [-0.2, 0) is 9.84 Å². The van der Waals surface area contributed by atoms with Crippen molar-refractivity contribution in [2.75, 3.05) is 18.6 Å². The van der Waals surface area contributed by atoms with Gasteiger partial charge in [-0.25, -0.2) is 12.8 Å². The molecule has 4 nitrogen and oxygen atoms in total. The molecule has 0 saturated carbocycles.